The molecule has 3 heterocycles. The molecule has 59 heavy (non-hydrogen) atoms. The molecule has 0 bridgehead atoms. The van der Waals surface area contributed by atoms with Crippen molar-refractivity contribution >= 4 is 50.3 Å². The molecule has 0 saturated heterocycles. The van der Waals surface area contributed by atoms with E-state index in [4.69, 9.17) is 21.6 Å². The molecule has 1 aromatic carbocycles. The average molecular weight is 830 g/mol. The molecular formula is C43H56FN9O5S. The summed E-state index contributed by atoms with van der Waals surface area (Å²) in [4.78, 5) is 23.7. The Hall–Kier alpha value is -4.61. The third-order valence-electron chi connectivity index (χ3n) is 14.5. The molecule has 4 fully saturated rings. The number of nitrogens with one attached hydrogen (secondary N) is 4. The van der Waals surface area contributed by atoms with Crippen molar-refractivity contribution < 1.29 is 29.2 Å². The summed E-state index contributed by atoms with van der Waals surface area (Å²) in [5.74, 6) is -0.634. The molecule has 316 valence electrons. The lowest BCUT2D eigenvalue weighted by molar-refractivity contribution is -0.566. The molecule has 2 atom stereocenters. The molecule has 5 aliphatic rings. The second kappa shape index (κ2) is 14.8. The number of carboxylic acid groups (broad SMARTS) is 1. The number of carboxylic acids is 1. The van der Waals surface area contributed by atoms with Gasteiger partial charge in [-0.1, -0.05) is 31.3 Å². The average Bonchev–Trinajstić information content (AvgIpc) is 3.61. The number of carbonyl (C=O) groups is 1. The van der Waals surface area contributed by atoms with Gasteiger partial charge >= 0.3 is 5.97 Å². The molecule has 4 saturated carbocycles. The van der Waals surface area contributed by atoms with Gasteiger partial charge in [0.25, 0.3) is 0 Å². The standard InChI is InChI=1S/C43H56FN9O5S/c1-24(35(46)52-38-50-31-9-5-8-30(44)34(31)59-38)27-7-6-13-53(36(27)47)32-11-10-28(33(51-32)37(56)57)29(15-45)25(2)49-23-41-19-39(3)21-42(22-40(4,20-41)43(39,41)42)58-14-12-48-16-26(17-54)18-55/h5,8-11,15,26,45,48-49,54-55H,6-7,12-14,16-23,46-47H2,1-4H3,(H,50,52)(H,56,57)/b29-25+,35-24+,45-15?. The van der Waals surface area contributed by atoms with Gasteiger partial charge in [0.1, 0.15) is 23.3 Å². The molecule has 1 aliphatic heterocycles. The number of nitrogens with zero attached hydrogens (tertiary/aromatic N) is 3. The summed E-state index contributed by atoms with van der Waals surface area (Å²) in [6, 6.07) is 8.19. The van der Waals surface area contributed by atoms with Gasteiger partial charge < -0.3 is 57.8 Å². The van der Waals surface area contributed by atoms with Crippen LogP contribution in [0.5, 0.6) is 0 Å². The van der Waals surface area contributed by atoms with Gasteiger partial charge in [-0.2, -0.15) is 0 Å². The SMILES string of the molecule is C/C(NCC12CC3(C)CC4(OCCNCC(CO)CO)CC(C)(C1)C324)=C(/C=N)c1ccc(N2CCCC(/C(C)=C(\N)Nc3nc4cccc(F)c4s3)=C2N)nc1C(=O)O. The van der Waals surface area contributed by atoms with Crippen molar-refractivity contribution in [1.82, 2.24) is 20.6 Å². The molecule has 2 unspecified atom stereocenters. The molecular weight excluding hydrogens is 774 g/mol. The molecule has 0 amide bonds. The highest BCUT2D eigenvalue weighted by molar-refractivity contribution is 7.22. The van der Waals surface area contributed by atoms with Crippen molar-refractivity contribution in [3.05, 3.63) is 75.9 Å². The van der Waals surface area contributed by atoms with Crippen LogP contribution in [0.15, 0.2) is 58.8 Å². The Labute approximate surface area is 347 Å². The number of anilines is 2. The summed E-state index contributed by atoms with van der Waals surface area (Å²) >= 11 is 1.17. The Morgan fingerprint density at radius 2 is 1.85 bits per heavy atom. The molecule has 1 spiro atoms. The first-order valence-corrected chi connectivity index (χ1v) is 21.3. The minimum atomic E-state index is -1.21. The van der Waals surface area contributed by atoms with Crippen LogP contribution < -0.4 is 32.3 Å². The summed E-state index contributed by atoms with van der Waals surface area (Å²) < 4.78 is 21.5. The number of nitrogens with two attached hydrogens (primary N) is 2. The highest BCUT2D eigenvalue weighted by Gasteiger charge is 3.02. The molecule has 16 heteroatoms. The first-order valence-electron chi connectivity index (χ1n) is 20.4. The number of aromatic carboxylic acids is 1. The maximum absolute atomic E-state index is 14.3. The Balaban J connectivity index is 0.985. The number of allylic oxidation sites excluding steroid dienone is 4. The minimum absolute atomic E-state index is 0.0407. The van der Waals surface area contributed by atoms with E-state index in [0.717, 1.165) is 31.3 Å². The number of benzene rings is 1. The Morgan fingerprint density at radius 3 is 2.49 bits per heavy atom. The van der Waals surface area contributed by atoms with E-state index in [9.17, 15) is 24.5 Å². The monoisotopic (exact) mass is 829 g/mol. The summed E-state index contributed by atoms with van der Waals surface area (Å²) in [6.07, 6.45) is 6.82. The second-order valence-electron chi connectivity index (χ2n) is 17.9. The van der Waals surface area contributed by atoms with Crippen molar-refractivity contribution in [2.24, 2.45) is 39.0 Å². The number of thiazole rings is 1. The van der Waals surface area contributed by atoms with Crippen LogP contribution in [0.4, 0.5) is 15.3 Å². The van der Waals surface area contributed by atoms with E-state index in [0.29, 0.717) is 101 Å². The summed E-state index contributed by atoms with van der Waals surface area (Å²) in [5.41, 5.74) is 17.0. The molecule has 0 radical (unpaired) electrons. The van der Waals surface area contributed by atoms with E-state index in [1.54, 1.807) is 29.2 Å². The van der Waals surface area contributed by atoms with Gasteiger partial charge in [0.05, 0.1) is 22.4 Å². The van der Waals surface area contributed by atoms with Gasteiger partial charge in [0.2, 0.25) is 0 Å². The van der Waals surface area contributed by atoms with Crippen LogP contribution in [0.3, 0.4) is 0 Å². The summed E-state index contributed by atoms with van der Waals surface area (Å²) in [7, 11) is 0. The fourth-order valence-corrected chi connectivity index (χ4v) is 13.9. The topological polar surface area (TPSA) is 228 Å². The lowest BCUT2D eigenvalue weighted by Crippen LogP contribution is -3.01. The fraction of sp³-hybridized carbons (Fsp3) is 0.535. The highest BCUT2D eigenvalue weighted by Crippen LogP contribution is 3.03. The number of fused-ring (bicyclic) bond motifs is 1. The van der Waals surface area contributed by atoms with Crippen LogP contribution >= 0.6 is 11.3 Å². The number of rotatable bonds is 18. The Bertz CT molecular complexity index is 2280. The number of halogens is 1. The zero-order valence-corrected chi connectivity index (χ0v) is 35.0. The predicted molar refractivity (Wildman–Crippen MR) is 227 cm³/mol. The van der Waals surface area contributed by atoms with Gasteiger partial charge in [-0.3, -0.25) is 0 Å². The van der Waals surface area contributed by atoms with Crippen molar-refractivity contribution in [3.8, 4) is 0 Å². The lowest BCUT2D eigenvalue weighted by Gasteiger charge is -3.02. The van der Waals surface area contributed by atoms with Crippen LogP contribution in [0.1, 0.15) is 82.3 Å². The third-order valence-corrected chi connectivity index (χ3v) is 15.5. The van der Waals surface area contributed by atoms with Gasteiger partial charge in [-0.15, -0.1) is 0 Å². The van der Waals surface area contributed by atoms with Gasteiger partial charge in [0.15, 0.2) is 10.8 Å². The van der Waals surface area contributed by atoms with E-state index < -0.39 is 5.97 Å². The quantitative estimate of drug-likeness (QED) is 0.0600. The van der Waals surface area contributed by atoms with Crippen LogP contribution in [-0.2, 0) is 4.74 Å². The van der Waals surface area contributed by atoms with Crippen LogP contribution in [-0.4, -0.2) is 89.1 Å². The first-order chi connectivity index (χ1) is 28.1. The van der Waals surface area contributed by atoms with Crippen LogP contribution in [0.25, 0.3) is 15.8 Å². The predicted octanol–water partition coefficient (Wildman–Crippen LogP) is 5.12. The molecule has 4 aliphatic carbocycles. The smallest absolute Gasteiger partial charge is 0.355 e. The number of ether oxygens (including phenoxy) is 1. The first kappa shape index (κ1) is 41.1. The van der Waals surface area contributed by atoms with E-state index in [-0.39, 0.29) is 57.9 Å². The van der Waals surface area contributed by atoms with Gasteiger partial charge in [-0.25, -0.2) is 19.2 Å². The van der Waals surface area contributed by atoms with Crippen molar-refractivity contribution in [2.75, 3.05) is 56.2 Å². The van der Waals surface area contributed by atoms with E-state index in [2.05, 4.69) is 39.8 Å². The molecule has 3 aromatic rings. The van der Waals surface area contributed by atoms with Gasteiger partial charge in [0, 0.05) is 73.8 Å². The van der Waals surface area contributed by atoms with Crippen LogP contribution in [0, 0.1) is 38.8 Å². The highest BCUT2D eigenvalue weighted by atomic mass is 32.1. The fourth-order valence-electron chi connectivity index (χ4n) is 13.1. The van der Waals surface area contributed by atoms with Crippen molar-refractivity contribution in [2.45, 2.75) is 71.8 Å². The number of pyridine rings is 1. The van der Waals surface area contributed by atoms with Crippen molar-refractivity contribution in [1.29, 1.82) is 5.41 Å². The maximum atomic E-state index is 14.3. The van der Waals surface area contributed by atoms with Crippen molar-refractivity contribution in [3.63, 3.8) is 0 Å². The zero-order chi connectivity index (χ0) is 42.1. The van der Waals surface area contributed by atoms with E-state index in [1.165, 1.54) is 23.6 Å². The molecule has 2 aromatic heterocycles. The number of aliphatic hydroxyl groups is 2. The number of aliphatic hydroxyl groups excluding tert-OH is 2. The van der Waals surface area contributed by atoms with E-state index >= 15 is 0 Å². The number of aromatic nitrogens is 2. The zero-order valence-electron chi connectivity index (χ0n) is 34.2. The minimum Gasteiger partial charge on any atom is -0.476 e. The largest absolute Gasteiger partial charge is 0.476 e. The third kappa shape index (κ3) is 5.99. The molecule has 8 rings (SSSR count). The number of hydrogen-bond acceptors (Lipinski definition) is 14. The van der Waals surface area contributed by atoms with Crippen LogP contribution in [0.2, 0.25) is 0 Å². The summed E-state index contributed by atoms with van der Waals surface area (Å²) in [5, 5.41) is 48.2. The van der Waals surface area contributed by atoms with E-state index in [1.807, 2.05) is 13.8 Å². The second-order valence-corrected chi connectivity index (χ2v) is 18.9. The number of hydrogen-bond donors (Lipinski definition) is 9. The maximum Gasteiger partial charge on any atom is 0.355 e. The molecule has 14 nitrogen and oxygen atoms in total. The Kier molecular flexibility index (Phi) is 10.3. The van der Waals surface area contributed by atoms with Gasteiger partial charge in [-0.05, 0) is 104 Å². The lowest BCUT2D eigenvalue weighted by atomic mass is 9.03. The normalized spacial score (nSPS) is 29.9. The summed E-state index contributed by atoms with van der Waals surface area (Å²) in [6.45, 7) is 11.4. The molecule has 11 N–H and O–H groups in total. The Morgan fingerprint density at radius 1 is 1.12 bits per heavy atom.